The smallest absolute Gasteiger partial charge is 0.387 e. The van der Waals surface area contributed by atoms with E-state index in [4.69, 9.17) is 16.3 Å². The molecule has 0 N–H and O–H groups in total. The van der Waals surface area contributed by atoms with E-state index in [0.717, 1.165) is 22.7 Å². The molecule has 0 amide bonds. The van der Waals surface area contributed by atoms with Gasteiger partial charge in [0.1, 0.15) is 5.75 Å². The van der Waals surface area contributed by atoms with Gasteiger partial charge in [-0.15, -0.1) is 10.2 Å². The van der Waals surface area contributed by atoms with Crippen LogP contribution in [0.4, 0.5) is 8.78 Å². The Morgan fingerprint density at radius 3 is 2.55 bits per heavy atom. The molecule has 3 rings (SSSR count). The molecule has 0 fully saturated rings. The van der Waals surface area contributed by atoms with Crippen molar-refractivity contribution >= 4 is 23.4 Å². The van der Waals surface area contributed by atoms with Crippen molar-refractivity contribution in [2.24, 2.45) is 0 Å². The van der Waals surface area contributed by atoms with Crippen LogP contribution in [0.15, 0.2) is 53.7 Å². The molecule has 0 spiro atoms. The van der Waals surface area contributed by atoms with Crippen molar-refractivity contribution < 1.29 is 18.3 Å². The fraction of sp³-hybridized carbons (Fsp3) is 0.300. The minimum absolute atomic E-state index is 0.137. The lowest BCUT2D eigenvalue weighted by molar-refractivity contribution is -0.0498. The van der Waals surface area contributed by atoms with Gasteiger partial charge in [0.05, 0.1) is 5.02 Å². The Kier molecular flexibility index (Phi) is 7.85. The van der Waals surface area contributed by atoms with E-state index in [2.05, 4.69) is 14.9 Å². The first-order valence-electron chi connectivity index (χ1n) is 8.92. The van der Waals surface area contributed by atoms with Gasteiger partial charge in [0.2, 0.25) is 0 Å². The zero-order valence-corrected chi connectivity index (χ0v) is 17.3. The second-order valence-electron chi connectivity index (χ2n) is 6.10. The second kappa shape index (κ2) is 10.6. The number of hydrogen-bond donors (Lipinski definition) is 0. The summed E-state index contributed by atoms with van der Waals surface area (Å²) in [6, 6.07) is 14.1. The largest absolute Gasteiger partial charge is 0.435 e. The molecule has 1 heterocycles. The third-order valence-electron chi connectivity index (χ3n) is 4.08. The van der Waals surface area contributed by atoms with E-state index in [-0.39, 0.29) is 5.75 Å². The maximum Gasteiger partial charge on any atom is 0.387 e. The Bertz CT molecular complexity index is 922. The average molecular weight is 440 g/mol. The fourth-order valence-corrected chi connectivity index (χ4v) is 3.86. The van der Waals surface area contributed by atoms with Crippen LogP contribution in [-0.4, -0.2) is 35.1 Å². The van der Waals surface area contributed by atoms with Crippen LogP contribution in [0, 0.1) is 0 Å². The predicted molar refractivity (Wildman–Crippen MR) is 110 cm³/mol. The van der Waals surface area contributed by atoms with Crippen molar-refractivity contribution in [2.75, 3.05) is 13.7 Å². The molecule has 154 valence electrons. The Labute approximate surface area is 177 Å². The van der Waals surface area contributed by atoms with Crippen LogP contribution in [0.1, 0.15) is 12.0 Å². The topological polar surface area (TPSA) is 49.2 Å². The van der Waals surface area contributed by atoms with Crippen LogP contribution in [0.5, 0.6) is 5.75 Å². The lowest BCUT2D eigenvalue weighted by Gasteiger charge is -2.11. The van der Waals surface area contributed by atoms with E-state index < -0.39 is 6.61 Å². The van der Waals surface area contributed by atoms with Gasteiger partial charge in [0.15, 0.2) is 11.0 Å². The molecular formula is C20H20ClF2N3O2S. The number of ether oxygens (including phenoxy) is 2. The van der Waals surface area contributed by atoms with E-state index in [1.54, 1.807) is 19.2 Å². The van der Waals surface area contributed by atoms with Gasteiger partial charge in [0.25, 0.3) is 0 Å². The summed E-state index contributed by atoms with van der Waals surface area (Å²) in [5, 5.41) is 10.0. The molecule has 0 radical (unpaired) electrons. The maximum atomic E-state index is 12.3. The summed E-state index contributed by atoms with van der Waals surface area (Å²) >= 11 is 7.86. The van der Waals surface area contributed by atoms with Gasteiger partial charge in [-0.3, -0.25) is 0 Å². The SMILES string of the molecule is COCCCn1c(SCc2ccc(OC(F)F)cc2)nnc1-c1ccccc1Cl. The highest BCUT2D eigenvalue weighted by Gasteiger charge is 2.16. The average Bonchev–Trinajstić information content (AvgIpc) is 3.10. The van der Waals surface area contributed by atoms with Crippen molar-refractivity contribution in [3.63, 3.8) is 0 Å². The van der Waals surface area contributed by atoms with Gasteiger partial charge in [-0.1, -0.05) is 47.6 Å². The molecule has 9 heteroatoms. The monoisotopic (exact) mass is 439 g/mol. The molecule has 1 aromatic heterocycles. The zero-order valence-electron chi connectivity index (χ0n) is 15.7. The van der Waals surface area contributed by atoms with E-state index in [1.807, 2.05) is 28.8 Å². The molecule has 29 heavy (non-hydrogen) atoms. The van der Waals surface area contributed by atoms with Crippen LogP contribution in [-0.2, 0) is 17.0 Å². The van der Waals surface area contributed by atoms with Crippen LogP contribution >= 0.6 is 23.4 Å². The van der Waals surface area contributed by atoms with Crippen LogP contribution in [0.3, 0.4) is 0 Å². The molecule has 0 unspecified atom stereocenters. The Morgan fingerprint density at radius 2 is 1.86 bits per heavy atom. The van der Waals surface area contributed by atoms with Crippen molar-refractivity contribution in [2.45, 2.75) is 30.5 Å². The highest BCUT2D eigenvalue weighted by Crippen LogP contribution is 2.31. The second-order valence-corrected chi connectivity index (χ2v) is 7.44. The summed E-state index contributed by atoms with van der Waals surface area (Å²) in [7, 11) is 1.66. The van der Waals surface area contributed by atoms with Crippen LogP contribution < -0.4 is 4.74 Å². The first-order chi connectivity index (χ1) is 14.1. The molecule has 0 bridgehead atoms. The summed E-state index contributed by atoms with van der Waals surface area (Å²) < 4.78 is 36.1. The van der Waals surface area contributed by atoms with Gasteiger partial charge < -0.3 is 14.0 Å². The number of nitrogens with zero attached hydrogens (tertiary/aromatic N) is 3. The number of rotatable bonds is 10. The number of halogens is 3. The molecule has 0 atom stereocenters. The Balaban J connectivity index is 1.77. The number of thioether (sulfide) groups is 1. The Hall–Kier alpha value is -2.16. The van der Waals surface area contributed by atoms with E-state index >= 15 is 0 Å². The molecule has 2 aromatic carbocycles. The van der Waals surface area contributed by atoms with Gasteiger partial charge >= 0.3 is 6.61 Å². The molecule has 0 aliphatic carbocycles. The van der Waals surface area contributed by atoms with E-state index in [9.17, 15) is 8.78 Å². The Morgan fingerprint density at radius 1 is 1.10 bits per heavy atom. The zero-order chi connectivity index (χ0) is 20.6. The maximum absolute atomic E-state index is 12.3. The predicted octanol–water partition coefficient (Wildman–Crippen LogP) is 5.53. The number of hydrogen-bond acceptors (Lipinski definition) is 5. The fourth-order valence-electron chi connectivity index (χ4n) is 2.72. The lowest BCUT2D eigenvalue weighted by Crippen LogP contribution is -2.05. The molecule has 0 saturated carbocycles. The minimum Gasteiger partial charge on any atom is -0.435 e. The summed E-state index contributed by atoms with van der Waals surface area (Å²) in [4.78, 5) is 0. The molecule has 0 aliphatic rings. The van der Waals surface area contributed by atoms with Crippen molar-refractivity contribution in [1.82, 2.24) is 14.8 Å². The first-order valence-corrected chi connectivity index (χ1v) is 10.3. The molecule has 5 nitrogen and oxygen atoms in total. The molecular weight excluding hydrogens is 420 g/mol. The summed E-state index contributed by atoms with van der Waals surface area (Å²) in [6.45, 7) is -1.52. The standard InChI is InChI=1S/C20H20ClF2N3O2S/c1-27-12-4-11-26-18(16-5-2-3-6-17(16)21)24-25-20(26)29-13-14-7-9-15(10-8-14)28-19(22)23/h2-3,5-10,19H,4,11-13H2,1H3. The van der Waals surface area contributed by atoms with E-state index in [0.29, 0.717) is 29.8 Å². The van der Waals surface area contributed by atoms with Crippen LogP contribution in [0.2, 0.25) is 5.02 Å². The molecule has 0 saturated heterocycles. The number of aromatic nitrogens is 3. The quantitative estimate of drug-likeness (QED) is 0.307. The van der Waals surface area contributed by atoms with E-state index in [1.165, 1.54) is 23.9 Å². The highest BCUT2D eigenvalue weighted by atomic mass is 35.5. The van der Waals surface area contributed by atoms with Gasteiger partial charge in [0, 0.05) is 31.6 Å². The molecule has 3 aromatic rings. The third-order valence-corrected chi connectivity index (χ3v) is 5.45. The third kappa shape index (κ3) is 5.91. The number of alkyl halides is 2. The summed E-state index contributed by atoms with van der Waals surface area (Å²) in [5.41, 5.74) is 1.78. The van der Waals surface area contributed by atoms with Crippen LogP contribution in [0.25, 0.3) is 11.4 Å². The van der Waals surface area contributed by atoms with Gasteiger partial charge in [-0.25, -0.2) is 0 Å². The summed E-state index contributed by atoms with van der Waals surface area (Å²) in [5.74, 6) is 1.45. The first kappa shape index (κ1) is 21.5. The van der Waals surface area contributed by atoms with Crippen molar-refractivity contribution in [1.29, 1.82) is 0 Å². The minimum atomic E-state index is -2.83. The number of methoxy groups -OCH3 is 1. The van der Waals surface area contributed by atoms with Crippen molar-refractivity contribution in [3.05, 3.63) is 59.1 Å². The molecule has 0 aliphatic heterocycles. The highest BCUT2D eigenvalue weighted by molar-refractivity contribution is 7.98. The van der Waals surface area contributed by atoms with Gasteiger partial charge in [-0.2, -0.15) is 8.78 Å². The van der Waals surface area contributed by atoms with Crippen molar-refractivity contribution in [3.8, 4) is 17.1 Å². The summed E-state index contributed by atoms with van der Waals surface area (Å²) in [6.07, 6.45) is 0.805. The van der Waals surface area contributed by atoms with Gasteiger partial charge in [-0.05, 0) is 36.2 Å². The normalized spacial score (nSPS) is 11.2. The number of benzene rings is 2. The lowest BCUT2D eigenvalue weighted by atomic mass is 10.2.